The van der Waals surface area contributed by atoms with Crippen molar-refractivity contribution < 1.29 is 4.74 Å². The van der Waals surface area contributed by atoms with E-state index in [-0.39, 0.29) is 0 Å². The number of hydrogen-bond acceptors (Lipinski definition) is 1. The van der Waals surface area contributed by atoms with E-state index in [1.807, 2.05) is 12.1 Å². The highest BCUT2D eigenvalue weighted by atomic mass is 35.5. The number of rotatable bonds is 6. The zero-order valence-electron chi connectivity index (χ0n) is 12.2. The number of benzene rings is 1. The fourth-order valence-electron chi connectivity index (χ4n) is 3.23. The maximum atomic E-state index is 6.12. The highest BCUT2D eigenvalue weighted by Gasteiger charge is 2.22. The average Bonchev–Trinajstić information content (AvgIpc) is 2.47. The summed E-state index contributed by atoms with van der Waals surface area (Å²) in [6, 6.07) is 6.11. The van der Waals surface area contributed by atoms with Crippen LogP contribution in [0.2, 0.25) is 10.0 Å². The van der Waals surface area contributed by atoms with Crippen molar-refractivity contribution in [2.45, 2.75) is 50.9 Å². The van der Waals surface area contributed by atoms with Gasteiger partial charge in [0.15, 0.2) is 0 Å². The minimum atomic E-state index is 0.655. The third-order valence-electron chi connectivity index (χ3n) is 4.47. The van der Waals surface area contributed by atoms with Crippen LogP contribution < -0.4 is 0 Å². The fraction of sp³-hybridized carbons (Fsp3) is 0.647. The van der Waals surface area contributed by atoms with Crippen LogP contribution in [-0.4, -0.2) is 13.7 Å². The van der Waals surface area contributed by atoms with Crippen LogP contribution in [0.3, 0.4) is 0 Å². The second-order valence-electron chi connectivity index (χ2n) is 5.88. The van der Waals surface area contributed by atoms with Gasteiger partial charge >= 0.3 is 0 Å². The Bertz CT molecular complexity index is 411. The maximum absolute atomic E-state index is 6.12. The van der Waals surface area contributed by atoms with Crippen LogP contribution in [0.25, 0.3) is 0 Å². The number of ether oxygens (including phenoxy) is 1. The molecule has 1 aliphatic carbocycles. The van der Waals surface area contributed by atoms with Gasteiger partial charge in [0.1, 0.15) is 0 Å². The normalized spacial score (nSPS) is 22.9. The summed E-state index contributed by atoms with van der Waals surface area (Å²) >= 11 is 12.1. The number of hydrogen-bond donors (Lipinski definition) is 0. The van der Waals surface area contributed by atoms with Crippen molar-refractivity contribution in [2.75, 3.05) is 13.7 Å². The molecule has 0 amide bonds. The van der Waals surface area contributed by atoms with Crippen LogP contribution in [0.5, 0.6) is 0 Å². The first kappa shape index (κ1) is 16.1. The molecule has 0 atom stereocenters. The predicted octanol–water partition coefficient (Wildman–Crippen LogP) is 6.08. The van der Waals surface area contributed by atoms with Crippen LogP contribution in [-0.2, 0) is 4.74 Å². The molecule has 1 fully saturated rings. The Morgan fingerprint density at radius 2 is 1.80 bits per heavy atom. The van der Waals surface area contributed by atoms with Crippen molar-refractivity contribution in [3.63, 3.8) is 0 Å². The molecule has 3 heteroatoms. The molecule has 0 N–H and O–H groups in total. The van der Waals surface area contributed by atoms with Crippen molar-refractivity contribution in [2.24, 2.45) is 5.92 Å². The van der Waals surface area contributed by atoms with Gasteiger partial charge in [0, 0.05) is 13.7 Å². The van der Waals surface area contributed by atoms with Gasteiger partial charge in [-0.1, -0.05) is 42.1 Å². The molecule has 0 spiro atoms. The molecule has 1 aliphatic rings. The minimum Gasteiger partial charge on any atom is -0.385 e. The summed E-state index contributed by atoms with van der Waals surface area (Å²) in [5.74, 6) is 1.57. The van der Waals surface area contributed by atoms with E-state index in [1.165, 1.54) is 50.5 Å². The largest absolute Gasteiger partial charge is 0.385 e. The van der Waals surface area contributed by atoms with Crippen molar-refractivity contribution in [1.82, 2.24) is 0 Å². The zero-order valence-corrected chi connectivity index (χ0v) is 13.7. The number of unbranched alkanes of at least 4 members (excludes halogenated alkanes) is 1. The van der Waals surface area contributed by atoms with Gasteiger partial charge in [-0.25, -0.2) is 0 Å². The zero-order chi connectivity index (χ0) is 14.4. The van der Waals surface area contributed by atoms with Crippen LogP contribution in [0.4, 0.5) is 0 Å². The summed E-state index contributed by atoms with van der Waals surface area (Å²) < 4.78 is 5.10. The summed E-state index contributed by atoms with van der Waals surface area (Å²) in [5.41, 5.74) is 1.36. The number of halogens is 2. The third kappa shape index (κ3) is 4.65. The molecule has 0 heterocycles. The van der Waals surface area contributed by atoms with E-state index in [0.29, 0.717) is 16.0 Å². The molecule has 1 nitrogen and oxygen atoms in total. The van der Waals surface area contributed by atoms with E-state index < -0.39 is 0 Å². The highest BCUT2D eigenvalue weighted by molar-refractivity contribution is 6.42. The molecule has 0 saturated heterocycles. The van der Waals surface area contributed by atoms with E-state index >= 15 is 0 Å². The smallest absolute Gasteiger partial charge is 0.0595 e. The molecule has 2 rings (SSSR count). The summed E-state index contributed by atoms with van der Waals surface area (Å²) in [6.45, 7) is 0.901. The van der Waals surface area contributed by atoms with Gasteiger partial charge in [0.2, 0.25) is 0 Å². The monoisotopic (exact) mass is 314 g/mol. The second kappa shape index (κ2) is 8.26. The second-order valence-corrected chi connectivity index (χ2v) is 6.69. The Hall–Kier alpha value is -0.240. The van der Waals surface area contributed by atoms with Gasteiger partial charge in [-0.2, -0.15) is 0 Å². The highest BCUT2D eigenvalue weighted by Crippen LogP contribution is 2.39. The Kier molecular flexibility index (Phi) is 6.67. The maximum Gasteiger partial charge on any atom is 0.0595 e. The third-order valence-corrected chi connectivity index (χ3v) is 5.21. The summed E-state index contributed by atoms with van der Waals surface area (Å²) in [7, 11) is 1.78. The van der Waals surface area contributed by atoms with E-state index in [2.05, 4.69) is 6.07 Å². The van der Waals surface area contributed by atoms with Crippen molar-refractivity contribution in [3.05, 3.63) is 33.8 Å². The Morgan fingerprint density at radius 1 is 1.05 bits per heavy atom. The molecular weight excluding hydrogens is 291 g/mol. The fourth-order valence-corrected chi connectivity index (χ4v) is 3.54. The summed E-state index contributed by atoms with van der Waals surface area (Å²) in [6.07, 6.45) is 9.12. The SMILES string of the molecule is COCCCC[C@H]1CC[C@H](c2ccc(Cl)c(Cl)c2)CC1. The molecule has 112 valence electrons. The van der Waals surface area contributed by atoms with E-state index in [4.69, 9.17) is 27.9 Å². The average molecular weight is 315 g/mol. The first-order valence-corrected chi connectivity index (χ1v) is 8.40. The van der Waals surface area contributed by atoms with E-state index in [9.17, 15) is 0 Å². The Morgan fingerprint density at radius 3 is 2.45 bits per heavy atom. The molecule has 0 aliphatic heterocycles. The lowest BCUT2D eigenvalue weighted by molar-refractivity contribution is 0.187. The van der Waals surface area contributed by atoms with Gasteiger partial charge in [0.25, 0.3) is 0 Å². The Balaban J connectivity index is 1.77. The topological polar surface area (TPSA) is 9.23 Å². The molecule has 0 radical (unpaired) electrons. The van der Waals surface area contributed by atoms with Crippen LogP contribution in [0.1, 0.15) is 56.4 Å². The van der Waals surface area contributed by atoms with Crippen molar-refractivity contribution >= 4 is 23.2 Å². The van der Waals surface area contributed by atoms with E-state index in [1.54, 1.807) is 7.11 Å². The molecule has 0 unspecified atom stereocenters. The van der Waals surface area contributed by atoms with Crippen LogP contribution >= 0.6 is 23.2 Å². The molecule has 1 aromatic carbocycles. The molecule has 1 aromatic rings. The van der Waals surface area contributed by atoms with Gasteiger partial charge in [-0.05, 0) is 61.6 Å². The first-order chi connectivity index (χ1) is 9.70. The van der Waals surface area contributed by atoms with Gasteiger partial charge < -0.3 is 4.74 Å². The van der Waals surface area contributed by atoms with Crippen LogP contribution in [0.15, 0.2) is 18.2 Å². The molecule has 20 heavy (non-hydrogen) atoms. The van der Waals surface area contributed by atoms with Crippen LogP contribution in [0, 0.1) is 5.92 Å². The molecule has 0 aromatic heterocycles. The van der Waals surface area contributed by atoms with Gasteiger partial charge in [-0.3, -0.25) is 0 Å². The predicted molar refractivity (Wildman–Crippen MR) is 86.9 cm³/mol. The van der Waals surface area contributed by atoms with E-state index in [0.717, 1.165) is 12.5 Å². The minimum absolute atomic E-state index is 0.655. The van der Waals surface area contributed by atoms with Gasteiger partial charge in [-0.15, -0.1) is 0 Å². The summed E-state index contributed by atoms with van der Waals surface area (Å²) in [4.78, 5) is 0. The first-order valence-electron chi connectivity index (χ1n) is 7.64. The molecular formula is C17H24Cl2O. The lowest BCUT2D eigenvalue weighted by Gasteiger charge is -2.29. The lowest BCUT2D eigenvalue weighted by atomic mass is 9.77. The van der Waals surface area contributed by atoms with Gasteiger partial charge in [0.05, 0.1) is 10.0 Å². The van der Waals surface area contributed by atoms with Crippen molar-refractivity contribution in [3.8, 4) is 0 Å². The standard InChI is InChI=1S/C17H24Cl2O/c1-20-11-3-2-4-13-5-7-14(8-6-13)15-9-10-16(18)17(19)12-15/h9-10,12-14H,2-8,11H2,1H3/t13-,14-. The molecule has 0 bridgehead atoms. The lowest BCUT2D eigenvalue weighted by Crippen LogP contribution is -2.13. The van der Waals surface area contributed by atoms with Crippen molar-refractivity contribution in [1.29, 1.82) is 0 Å². The Labute approximate surface area is 132 Å². The number of methoxy groups -OCH3 is 1. The quantitative estimate of drug-likeness (QED) is 0.578. The molecule has 1 saturated carbocycles. The summed E-state index contributed by atoms with van der Waals surface area (Å²) in [5, 5.41) is 1.34.